The predicted molar refractivity (Wildman–Crippen MR) is 79.8 cm³/mol. The Morgan fingerprint density at radius 1 is 1.19 bits per heavy atom. The highest BCUT2D eigenvalue weighted by molar-refractivity contribution is 6.01. The molecule has 2 aromatic rings. The lowest BCUT2D eigenvalue weighted by Gasteiger charge is -2.19. The largest absolute Gasteiger partial charge is 0.477 e. The second-order valence-corrected chi connectivity index (χ2v) is 4.51. The number of amides is 2. The van der Waals surface area contributed by atoms with Crippen LogP contribution in [-0.4, -0.2) is 29.1 Å². The average Bonchev–Trinajstić information content (AvgIpc) is 2.47. The van der Waals surface area contributed by atoms with Crippen LogP contribution in [0.15, 0.2) is 42.6 Å². The Balaban J connectivity index is 2.11. The smallest absolute Gasteiger partial charge is 0.354 e. The quantitative estimate of drug-likeness (QED) is 0.908. The van der Waals surface area contributed by atoms with Crippen molar-refractivity contribution in [1.82, 2.24) is 4.98 Å². The Hall–Kier alpha value is -2.89. The Morgan fingerprint density at radius 3 is 2.48 bits per heavy atom. The number of nitrogens with zero attached hydrogens (tertiary/aromatic N) is 2. The number of carbonyl (C=O) groups is 2. The fourth-order valence-electron chi connectivity index (χ4n) is 1.85. The van der Waals surface area contributed by atoms with Crippen molar-refractivity contribution >= 4 is 23.4 Å². The summed E-state index contributed by atoms with van der Waals surface area (Å²) in [6, 6.07) is 10.0. The number of nitrogens with one attached hydrogen (secondary N) is 1. The molecule has 6 heteroatoms. The van der Waals surface area contributed by atoms with Crippen LogP contribution in [0.2, 0.25) is 0 Å². The van der Waals surface area contributed by atoms with Crippen LogP contribution < -0.4 is 10.2 Å². The molecule has 6 nitrogen and oxygen atoms in total. The summed E-state index contributed by atoms with van der Waals surface area (Å²) in [5.74, 6) is -1.11. The summed E-state index contributed by atoms with van der Waals surface area (Å²) in [5.41, 5.74) is 2.14. The third kappa shape index (κ3) is 3.36. The molecule has 0 fully saturated rings. The first kappa shape index (κ1) is 14.5. The number of pyridine rings is 1. The zero-order chi connectivity index (χ0) is 15.4. The number of para-hydroxylation sites is 1. The van der Waals surface area contributed by atoms with Gasteiger partial charge in [-0.2, -0.15) is 0 Å². The van der Waals surface area contributed by atoms with E-state index in [-0.39, 0.29) is 11.7 Å². The van der Waals surface area contributed by atoms with Gasteiger partial charge in [-0.3, -0.25) is 4.90 Å². The molecule has 2 N–H and O–H groups in total. The molecule has 0 unspecified atom stereocenters. The SMILES string of the molecule is Cc1ccccc1N(C)C(=O)Nc1ccc(C(=O)O)nc1. The van der Waals surface area contributed by atoms with E-state index in [2.05, 4.69) is 10.3 Å². The third-order valence-corrected chi connectivity index (χ3v) is 3.02. The first-order valence-electron chi connectivity index (χ1n) is 6.28. The van der Waals surface area contributed by atoms with Crippen molar-refractivity contribution in [3.05, 3.63) is 53.9 Å². The number of carbonyl (C=O) groups excluding carboxylic acids is 1. The fraction of sp³-hybridized carbons (Fsp3) is 0.133. The third-order valence-electron chi connectivity index (χ3n) is 3.02. The number of hydrogen-bond acceptors (Lipinski definition) is 3. The van der Waals surface area contributed by atoms with Crippen molar-refractivity contribution in [2.24, 2.45) is 0 Å². The van der Waals surface area contributed by atoms with Crippen LogP contribution >= 0.6 is 0 Å². The first-order chi connectivity index (χ1) is 9.99. The van der Waals surface area contributed by atoms with Crippen LogP contribution in [0.1, 0.15) is 16.1 Å². The van der Waals surface area contributed by atoms with Gasteiger partial charge in [0.25, 0.3) is 0 Å². The van der Waals surface area contributed by atoms with Gasteiger partial charge in [0.1, 0.15) is 5.69 Å². The zero-order valence-corrected chi connectivity index (χ0v) is 11.7. The molecular formula is C15H15N3O3. The molecule has 0 radical (unpaired) electrons. The lowest BCUT2D eigenvalue weighted by Crippen LogP contribution is -2.31. The van der Waals surface area contributed by atoms with E-state index in [0.29, 0.717) is 5.69 Å². The molecule has 0 saturated heterocycles. The topological polar surface area (TPSA) is 82.5 Å². The van der Waals surface area contributed by atoms with Crippen molar-refractivity contribution in [1.29, 1.82) is 0 Å². The molecule has 1 heterocycles. The van der Waals surface area contributed by atoms with E-state index < -0.39 is 5.97 Å². The number of carboxylic acids is 1. The van der Waals surface area contributed by atoms with Crippen LogP contribution in [0.4, 0.5) is 16.2 Å². The minimum Gasteiger partial charge on any atom is -0.477 e. The van der Waals surface area contributed by atoms with E-state index in [0.717, 1.165) is 11.3 Å². The molecule has 0 spiro atoms. The summed E-state index contributed by atoms with van der Waals surface area (Å²) in [6.45, 7) is 1.92. The summed E-state index contributed by atoms with van der Waals surface area (Å²) in [5, 5.41) is 11.4. The maximum atomic E-state index is 12.2. The lowest BCUT2D eigenvalue weighted by molar-refractivity contribution is 0.0690. The molecule has 2 rings (SSSR count). The minimum atomic E-state index is -1.11. The highest BCUT2D eigenvalue weighted by atomic mass is 16.4. The molecule has 0 atom stereocenters. The summed E-state index contributed by atoms with van der Waals surface area (Å²) in [4.78, 5) is 28.1. The Kier molecular flexibility index (Phi) is 4.18. The first-order valence-corrected chi connectivity index (χ1v) is 6.28. The van der Waals surface area contributed by atoms with Crippen LogP contribution in [-0.2, 0) is 0 Å². The van der Waals surface area contributed by atoms with Gasteiger partial charge in [-0.25, -0.2) is 14.6 Å². The monoisotopic (exact) mass is 285 g/mol. The second kappa shape index (κ2) is 6.04. The van der Waals surface area contributed by atoms with Gasteiger partial charge in [-0.1, -0.05) is 18.2 Å². The molecular weight excluding hydrogens is 270 g/mol. The number of urea groups is 1. The van der Waals surface area contributed by atoms with E-state index in [1.165, 1.54) is 23.2 Å². The number of aromatic nitrogens is 1. The normalized spacial score (nSPS) is 10.0. The van der Waals surface area contributed by atoms with Gasteiger partial charge in [-0.05, 0) is 30.7 Å². The summed E-state index contributed by atoms with van der Waals surface area (Å²) in [6.07, 6.45) is 1.31. The van der Waals surface area contributed by atoms with Crippen molar-refractivity contribution in [2.45, 2.75) is 6.92 Å². The second-order valence-electron chi connectivity index (χ2n) is 4.51. The molecule has 21 heavy (non-hydrogen) atoms. The van der Waals surface area contributed by atoms with Gasteiger partial charge >= 0.3 is 12.0 Å². The number of rotatable bonds is 3. The van der Waals surface area contributed by atoms with E-state index in [1.54, 1.807) is 7.05 Å². The van der Waals surface area contributed by atoms with Crippen molar-refractivity contribution in [3.63, 3.8) is 0 Å². The average molecular weight is 285 g/mol. The molecule has 2 amide bonds. The van der Waals surface area contributed by atoms with E-state index in [4.69, 9.17) is 5.11 Å². The van der Waals surface area contributed by atoms with E-state index >= 15 is 0 Å². The lowest BCUT2D eigenvalue weighted by atomic mass is 10.2. The van der Waals surface area contributed by atoms with Gasteiger partial charge in [-0.15, -0.1) is 0 Å². The van der Waals surface area contributed by atoms with E-state index in [9.17, 15) is 9.59 Å². The Morgan fingerprint density at radius 2 is 1.90 bits per heavy atom. The molecule has 1 aromatic carbocycles. The van der Waals surface area contributed by atoms with Gasteiger partial charge in [0.2, 0.25) is 0 Å². The molecule has 0 bridgehead atoms. The van der Waals surface area contributed by atoms with Crippen LogP contribution in [0, 0.1) is 6.92 Å². The van der Waals surface area contributed by atoms with Gasteiger partial charge in [0.05, 0.1) is 11.9 Å². The number of carboxylic acid groups (broad SMARTS) is 1. The van der Waals surface area contributed by atoms with Crippen molar-refractivity contribution in [3.8, 4) is 0 Å². The Labute approximate surface area is 122 Å². The maximum absolute atomic E-state index is 12.2. The van der Waals surface area contributed by atoms with Crippen molar-refractivity contribution in [2.75, 3.05) is 17.3 Å². The molecule has 0 saturated carbocycles. The maximum Gasteiger partial charge on any atom is 0.354 e. The number of hydrogen-bond donors (Lipinski definition) is 2. The van der Waals surface area contributed by atoms with Gasteiger partial charge in [0.15, 0.2) is 0 Å². The molecule has 0 aliphatic heterocycles. The van der Waals surface area contributed by atoms with Crippen LogP contribution in [0.3, 0.4) is 0 Å². The number of anilines is 2. The van der Waals surface area contributed by atoms with Crippen molar-refractivity contribution < 1.29 is 14.7 Å². The molecule has 0 aliphatic carbocycles. The molecule has 0 aliphatic rings. The fourth-order valence-corrected chi connectivity index (χ4v) is 1.85. The van der Waals surface area contributed by atoms with Crippen LogP contribution in [0.5, 0.6) is 0 Å². The number of aromatic carboxylic acids is 1. The predicted octanol–water partition coefficient (Wildman–Crippen LogP) is 2.76. The highest BCUT2D eigenvalue weighted by Crippen LogP contribution is 2.18. The molecule has 108 valence electrons. The minimum absolute atomic E-state index is 0.0692. The van der Waals surface area contributed by atoms with Gasteiger partial charge < -0.3 is 10.4 Å². The standard InChI is InChI=1S/C15H15N3O3/c1-10-5-3-4-6-13(10)18(2)15(21)17-11-7-8-12(14(19)20)16-9-11/h3-9H,1-2H3,(H,17,21)(H,19,20). The van der Waals surface area contributed by atoms with E-state index in [1.807, 2.05) is 31.2 Å². The summed E-state index contributed by atoms with van der Waals surface area (Å²) in [7, 11) is 1.66. The van der Waals surface area contributed by atoms with Crippen LogP contribution in [0.25, 0.3) is 0 Å². The molecule has 1 aromatic heterocycles. The Bertz CT molecular complexity index is 668. The van der Waals surface area contributed by atoms with Gasteiger partial charge in [0, 0.05) is 12.7 Å². The number of benzene rings is 1. The zero-order valence-electron chi connectivity index (χ0n) is 11.7. The highest BCUT2D eigenvalue weighted by Gasteiger charge is 2.13. The summed E-state index contributed by atoms with van der Waals surface area (Å²) < 4.78 is 0. The number of aryl methyl sites for hydroxylation is 1. The summed E-state index contributed by atoms with van der Waals surface area (Å²) >= 11 is 0.